The van der Waals surface area contributed by atoms with Crippen LogP contribution in [0.2, 0.25) is 0 Å². The normalized spacial score (nSPS) is 12.6. The Hall–Kier alpha value is -1.40. The first-order valence-corrected chi connectivity index (χ1v) is 6.78. The summed E-state index contributed by atoms with van der Waals surface area (Å²) in [5.41, 5.74) is 0.0716. The van der Waals surface area contributed by atoms with Crippen LogP contribution in [-0.2, 0) is 0 Å². The second-order valence-electron chi connectivity index (χ2n) is 4.05. The molecule has 0 aliphatic carbocycles. The van der Waals surface area contributed by atoms with Gasteiger partial charge in [0.1, 0.15) is 10.8 Å². The molecule has 1 atom stereocenters. The molecule has 0 radical (unpaired) electrons. The summed E-state index contributed by atoms with van der Waals surface area (Å²) in [6.07, 6.45) is 2.44. The van der Waals surface area contributed by atoms with Gasteiger partial charge in [0.15, 0.2) is 11.6 Å². The van der Waals surface area contributed by atoms with E-state index in [1.807, 2.05) is 6.92 Å². The smallest absolute Gasteiger partial charge is 0.161 e. The molecule has 0 saturated carbocycles. The number of thiazole rings is 1. The van der Waals surface area contributed by atoms with E-state index in [2.05, 4.69) is 10.3 Å². The van der Waals surface area contributed by atoms with Crippen molar-refractivity contribution in [3.05, 3.63) is 51.7 Å². The molecule has 1 N–H and O–H groups in total. The van der Waals surface area contributed by atoms with E-state index in [9.17, 15) is 13.2 Å². The highest BCUT2D eigenvalue weighted by Gasteiger charge is 2.21. The Labute approximate surface area is 113 Å². The molecule has 0 spiro atoms. The van der Waals surface area contributed by atoms with E-state index < -0.39 is 23.5 Å². The lowest BCUT2D eigenvalue weighted by Crippen LogP contribution is -2.24. The molecular formula is C13H13F3N2S. The van der Waals surface area contributed by atoms with Crippen molar-refractivity contribution in [2.45, 2.75) is 19.4 Å². The number of nitrogens with one attached hydrogen (secondary N) is 1. The zero-order chi connectivity index (χ0) is 13.8. The van der Waals surface area contributed by atoms with Gasteiger partial charge in [-0.05, 0) is 19.0 Å². The van der Waals surface area contributed by atoms with Gasteiger partial charge in [-0.1, -0.05) is 6.92 Å². The summed E-state index contributed by atoms with van der Waals surface area (Å²) in [6.45, 7) is 2.59. The van der Waals surface area contributed by atoms with Gasteiger partial charge >= 0.3 is 0 Å². The predicted molar refractivity (Wildman–Crippen MR) is 68.6 cm³/mol. The van der Waals surface area contributed by atoms with Gasteiger partial charge in [0.25, 0.3) is 0 Å². The first-order valence-electron chi connectivity index (χ1n) is 5.90. The van der Waals surface area contributed by atoms with Crippen molar-refractivity contribution in [3.8, 4) is 0 Å². The van der Waals surface area contributed by atoms with E-state index in [1.165, 1.54) is 11.3 Å². The zero-order valence-electron chi connectivity index (χ0n) is 10.3. The van der Waals surface area contributed by atoms with E-state index >= 15 is 0 Å². The van der Waals surface area contributed by atoms with Crippen molar-refractivity contribution in [2.75, 3.05) is 6.54 Å². The maximum Gasteiger partial charge on any atom is 0.161 e. The number of hydrogen-bond acceptors (Lipinski definition) is 3. The van der Waals surface area contributed by atoms with E-state index in [1.54, 1.807) is 11.6 Å². The van der Waals surface area contributed by atoms with Gasteiger partial charge in [0.2, 0.25) is 0 Å². The molecule has 0 aliphatic rings. The highest BCUT2D eigenvalue weighted by atomic mass is 32.1. The average Bonchev–Trinajstić information content (AvgIpc) is 2.89. The molecule has 6 heteroatoms. The quantitative estimate of drug-likeness (QED) is 0.849. The number of nitrogens with zero attached hydrogens (tertiary/aromatic N) is 1. The lowest BCUT2D eigenvalue weighted by atomic mass is 10.1. The van der Waals surface area contributed by atoms with Crippen molar-refractivity contribution in [2.24, 2.45) is 0 Å². The van der Waals surface area contributed by atoms with Crippen LogP contribution < -0.4 is 5.32 Å². The van der Waals surface area contributed by atoms with E-state index in [0.717, 1.165) is 12.5 Å². The number of aromatic nitrogens is 1. The Morgan fingerprint density at radius 2 is 1.95 bits per heavy atom. The van der Waals surface area contributed by atoms with Gasteiger partial charge in [-0.15, -0.1) is 11.3 Å². The highest BCUT2D eigenvalue weighted by molar-refractivity contribution is 7.09. The maximum atomic E-state index is 13.8. The van der Waals surface area contributed by atoms with Gasteiger partial charge in [0.05, 0.1) is 6.04 Å². The van der Waals surface area contributed by atoms with Crippen molar-refractivity contribution >= 4 is 11.3 Å². The molecule has 0 saturated heterocycles. The summed E-state index contributed by atoms with van der Waals surface area (Å²) in [5, 5.41) is 5.48. The van der Waals surface area contributed by atoms with Crippen LogP contribution in [0.3, 0.4) is 0 Å². The minimum absolute atomic E-state index is 0.0716. The molecule has 0 amide bonds. The monoisotopic (exact) mass is 286 g/mol. The Morgan fingerprint density at radius 1 is 1.21 bits per heavy atom. The van der Waals surface area contributed by atoms with Gasteiger partial charge < -0.3 is 5.32 Å². The molecule has 2 nitrogen and oxygen atoms in total. The third-order valence-electron chi connectivity index (χ3n) is 2.65. The Kier molecular flexibility index (Phi) is 4.55. The summed E-state index contributed by atoms with van der Waals surface area (Å²) in [5.74, 6) is -3.02. The fourth-order valence-corrected chi connectivity index (χ4v) is 2.48. The molecule has 0 bridgehead atoms. The standard InChI is InChI=1S/C13H13F3N2S/c1-2-3-17-12(13-18-4-5-19-13)8-6-10(15)11(16)7-9(8)14/h4-7,12,17H,2-3H2,1H3. The summed E-state index contributed by atoms with van der Waals surface area (Å²) in [7, 11) is 0. The maximum absolute atomic E-state index is 13.8. The Bertz CT molecular complexity index is 543. The lowest BCUT2D eigenvalue weighted by molar-refractivity contribution is 0.479. The summed E-state index contributed by atoms with van der Waals surface area (Å²) >= 11 is 1.34. The third-order valence-corrected chi connectivity index (χ3v) is 3.49. The van der Waals surface area contributed by atoms with Gasteiger partial charge in [-0.25, -0.2) is 18.2 Å². The van der Waals surface area contributed by atoms with Crippen LogP contribution in [0.1, 0.15) is 30.0 Å². The van der Waals surface area contributed by atoms with Crippen LogP contribution in [-0.4, -0.2) is 11.5 Å². The second-order valence-corrected chi connectivity index (χ2v) is 4.97. The number of halogens is 3. The van der Waals surface area contributed by atoms with Gasteiger partial charge in [0, 0.05) is 23.2 Å². The topological polar surface area (TPSA) is 24.9 Å². The van der Waals surface area contributed by atoms with Crippen LogP contribution in [0.25, 0.3) is 0 Å². The second kappa shape index (κ2) is 6.16. The predicted octanol–water partition coefficient (Wildman–Crippen LogP) is 3.65. The number of rotatable bonds is 5. The SMILES string of the molecule is CCCNC(c1nccs1)c1cc(F)c(F)cc1F. The molecule has 1 unspecified atom stereocenters. The Morgan fingerprint density at radius 3 is 2.58 bits per heavy atom. The summed E-state index contributed by atoms with van der Waals surface area (Å²) < 4.78 is 40.1. The lowest BCUT2D eigenvalue weighted by Gasteiger charge is -2.17. The van der Waals surface area contributed by atoms with Crippen molar-refractivity contribution < 1.29 is 13.2 Å². The minimum atomic E-state index is -1.19. The van der Waals surface area contributed by atoms with Crippen molar-refractivity contribution in [1.82, 2.24) is 10.3 Å². The fourth-order valence-electron chi connectivity index (χ4n) is 1.76. The van der Waals surface area contributed by atoms with Gasteiger partial charge in [-0.2, -0.15) is 0 Å². The summed E-state index contributed by atoms with van der Waals surface area (Å²) in [6, 6.07) is 0.897. The van der Waals surface area contributed by atoms with E-state index in [-0.39, 0.29) is 5.56 Å². The van der Waals surface area contributed by atoms with Crippen LogP contribution in [0.5, 0.6) is 0 Å². The zero-order valence-corrected chi connectivity index (χ0v) is 11.1. The molecule has 1 aromatic carbocycles. The fraction of sp³-hybridized carbons (Fsp3) is 0.308. The van der Waals surface area contributed by atoms with E-state index in [4.69, 9.17) is 0 Å². The molecule has 2 aromatic rings. The third kappa shape index (κ3) is 3.13. The molecular weight excluding hydrogens is 273 g/mol. The largest absolute Gasteiger partial charge is 0.304 e. The molecule has 0 aliphatic heterocycles. The van der Waals surface area contributed by atoms with Crippen LogP contribution in [0.4, 0.5) is 13.2 Å². The Balaban J connectivity index is 2.40. The molecule has 0 fully saturated rings. The molecule has 2 rings (SSSR count). The molecule has 1 heterocycles. The van der Waals surface area contributed by atoms with Crippen molar-refractivity contribution in [3.63, 3.8) is 0 Å². The molecule has 19 heavy (non-hydrogen) atoms. The highest BCUT2D eigenvalue weighted by Crippen LogP contribution is 2.27. The van der Waals surface area contributed by atoms with Crippen molar-refractivity contribution in [1.29, 1.82) is 0 Å². The number of benzene rings is 1. The number of hydrogen-bond donors (Lipinski definition) is 1. The minimum Gasteiger partial charge on any atom is -0.304 e. The first-order chi connectivity index (χ1) is 9.13. The van der Waals surface area contributed by atoms with Crippen LogP contribution >= 0.6 is 11.3 Å². The van der Waals surface area contributed by atoms with Crippen LogP contribution in [0, 0.1) is 17.5 Å². The first kappa shape index (κ1) is 14.0. The molecule has 102 valence electrons. The van der Waals surface area contributed by atoms with E-state index in [0.29, 0.717) is 17.6 Å². The molecule has 1 aromatic heterocycles. The summed E-state index contributed by atoms with van der Waals surface area (Å²) in [4.78, 5) is 4.11. The van der Waals surface area contributed by atoms with Gasteiger partial charge in [-0.3, -0.25) is 0 Å². The average molecular weight is 286 g/mol. The van der Waals surface area contributed by atoms with Crippen LogP contribution in [0.15, 0.2) is 23.7 Å².